The molecule has 24 heavy (non-hydrogen) atoms. The van der Waals surface area contributed by atoms with Crippen LogP contribution in [0.25, 0.3) is 0 Å². The summed E-state index contributed by atoms with van der Waals surface area (Å²) in [6, 6.07) is 15.7. The van der Waals surface area contributed by atoms with Crippen molar-refractivity contribution in [2.45, 2.75) is 13.8 Å². The number of para-hydroxylation sites is 1. The van der Waals surface area contributed by atoms with Crippen molar-refractivity contribution in [3.05, 3.63) is 71.5 Å². The second-order valence-corrected chi connectivity index (χ2v) is 5.76. The summed E-state index contributed by atoms with van der Waals surface area (Å²) in [5, 5.41) is 10.3. The second-order valence-electron chi connectivity index (χ2n) is 5.76. The van der Waals surface area contributed by atoms with Crippen molar-refractivity contribution >= 4 is 23.0 Å². The molecule has 0 bridgehead atoms. The van der Waals surface area contributed by atoms with Gasteiger partial charge in [-0.1, -0.05) is 18.2 Å². The highest BCUT2D eigenvalue weighted by atomic mass is 16.2. The molecule has 0 spiro atoms. The molecule has 2 N–H and O–H groups in total. The smallest absolute Gasteiger partial charge is 0.273 e. The highest BCUT2D eigenvalue weighted by molar-refractivity contribution is 6.03. The summed E-state index contributed by atoms with van der Waals surface area (Å²) < 4.78 is 1.55. The lowest BCUT2D eigenvalue weighted by Gasteiger charge is -2.13. The highest BCUT2D eigenvalue weighted by Gasteiger charge is 2.11. The SMILES string of the molecule is Cc1cc(Nc2ccccc2C)ccc1NC(=O)c1ccnn1C. The number of carbonyl (C=O) groups is 1. The Morgan fingerprint density at radius 2 is 1.79 bits per heavy atom. The molecule has 0 saturated heterocycles. The first-order valence-corrected chi connectivity index (χ1v) is 7.77. The summed E-state index contributed by atoms with van der Waals surface area (Å²) in [5.74, 6) is -0.169. The molecule has 0 fully saturated rings. The molecular formula is C19H20N4O. The number of hydrogen-bond donors (Lipinski definition) is 2. The predicted octanol–water partition coefficient (Wildman–Crippen LogP) is 4.03. The maximum atomic E-state index is 12.3. The van der Waals surface area contributed by atoms with Crippen LogP contribution in [0, 0.1) is 13.8 Å². The molecule has 0 aliphatic rings. The van der Waals surface area contributed by atoms with Crippen LogP contribution in [0.4, 0.5) is 17.1 Å². The molecule has 0 unspecified atom stereocenters. The van der Waals surface area contributed by atoms with Crippen molar-refractivity contribution in [2.24, 2.45) is 7.05 Å². The normalized spacial score (nSPS) is 10.5. The fourth-order valence-electron chi connectivity index (χ4n) is 2.53. The zero-order valence-electron chi connectivity index (χ0n) is 14.0. The first kappa shape index (κ1) is 15.8. The van der Waals surface area contributed by atoms with E-state index in [1.165, 1.54) is 5.56 Å². The van der Waals surface area contributed by atoms with Crippen molar-refractivity contribution in [3.8, 4) is 0 Å². The van der Waals surface area contributed by atoms with Gasteiger partial charge in [-0.05, 0) is 55.3 Å². The molecule has 0 aliphatic carbocycles. The van der Waals surface area contributed by atoms with Crippen LogP contribution < -0.4 is 10.6 Å². The van der Waals surface area contributed by atoms with E-state index in [0.29, 0.717) is 5.69 Å². The maximum Gasteiger partial charge on any atom is 0.273 e. The van der Waals surface area contributed by atoms with Crippen LogP contribution in [0.1, 0.15) is 21.6 Å². The fraction of sp³-hybridized carbons (Fsp3) is 0.158. The average Bonchev–Trinajstić information content (AvgIpc) is 2.98. The van der Waals surface area contributed by atoms with Gasteiger partial charge in [0.2, 0.25) is 0 Å². The molecule has 0 saturated carbocycles. The lowest BCUT2D eigenvalue weighted by atomic mass is 10.1. The van der Waals surface area contributed by atoms with Crippen LogP contribution >= 0.6 is 0 Å². The van der Waals surface area contributed by atoms with Crippen molar-refractivity contribution in [1.29, 1.82) is 0 Å². The molecule has 1 heterocycles. The monoisotopic (exact) mass is 320 g/mol. The van der Waals surface area contributed by atoms with Gasteiger partial charge in [0, 0.05) is 30.3 Å². The molecule has 0 radical (unpaired) electrons. The molecule has 5 heteroatoms. The van der Waals surface area contributed by atoms with Gasteiger partial charge in [-0.2, -0.15) is 5.10 Å². The Bertz CT molecular complexity index is 883. The summed E-state index contributed by atoms with van der Waals surface area (Å²) in [6.07, 6.45) is 1.61. The zero-order chi connectivity index (χ0) is 17.1. The second kappa shape index (κ2) is 6.58. The molecular weight excluding hydrogens is 300 g/mol. The molecule has 2 aromatic carbocycles. The van der Waals surface area contributed by atoms with Gasteiger partial charge in [0.15, 0.2) is 0 Å². The molecule has 122 valence electrons. The third kappa shape index (κ3) is 3.30. The lowest BCUT2D eigenvalue weighted by Crippen LogP contribution is -2.16. The van der Waals surface area contributed by atoms with Gasteiger partial charge in [-0.25, -0.2) is 0 Å². The minimum atomic E-state index is -0.169. The van der Waals surface area contributed by atoms with E-state index in [0.717, 1.165) is 22.6 Å². The summed E-state index contributed by atoms with van der Waals surface area (Å²) >= 11 is 0. The number of aromatic nitrogens is 2. The van der Waals surface area contributed by atoms with Gasteiger partial charge in [0.1, 0.15) is 5.69 Å². The van der Waals surface area contributed by atoms with Crippen molar-refractivity contribution in [3.63, 3.8) is 0 Å². The van der Waals surface area contributed by atoms with E-state index >= 15 is 0 Å². The quantitative estimate of drug-likeness (QED) is 0.763. The maximum absolute atomic E-state index is 12.3. The summed E-state index contributed by atoms with van der Waals surface area (Å²) in [5.41, 5.74) is 5.55. The first-order chi connectivity index (χ1) is 11.5. The van der Waals surface area contributed by atoms with Crippen molar-refractivity contribution in [1.82, 2.24) is 9.78 Å². The fourth-order valence-corrected chi connectivity index (χ4v) is 2.53. The first-order valence-electron chi connectivity index (χ1n) is 7.77. The highest BCUT2D eigenvalue weighted by Crippen LogP contribution is 2.24. The lowest BCUT2D eigenvalue weighted by molar-refractivity contribution is 0.101. The number of anilines is 3. The van der Waals surface area contributed by atoms with E-state index in [-0.39, 0.29) is 5.91 Å². The number of carbonyl (C=O) groups excluding carboxylic acids is 1. The Morgan fingerprint density at radius 1 is 1.00 bits per heavy atom. The third-order valence-corrected chi connectivity index (χ3v) is 3.95. The number of benzene rings is 2. The Labute approximate surface area is 141 Å². The van der Waals surface area contributed by atoms with Crippen LogP contribution in [-0.2, 0) is 7.05 Å². The van der Waals surface area contributed by atoms with Crippen LogP contribution in [0.3, 0.4) is 0 Å². The van der Waals surface area contributed by atoms with E-state index in [4.69, 9.17) is 0 Å². The Morgan fingerprint density at radius 3 is 2.46 bits per heavy atom. The number of aryl methyl sites for hydroxylation is 3. The van der Waals surface area contributed by atoms with Gasteiger partial charge in [0.05, 0.1) is 0 Å². The van der Waals surface area contributed by atoms with Crippen LogP contribution in [-0.4, -0.2) is 15.7 Å². The van der Waals surface area contributed by atoms with E-state index in [1.54, 1.807) is 24.0 Å². The minimum absolute atomic E-state index is 0.169. The van der Waals surface area contributed by atoms with E-state index in [2.05, 4.69) is 28.7 Å². The standard InChI is InChI=1S/C19H20N4O/c1-13-6-4-5-7-16(13)21-15-8-9-17(14(2)12-15)22-19(24)18-10-11-20-23(18)3/h4-12,21H,1-3H3,(H,22,24). The predicted molar refractivity (Wildman–Crippen MR) is 96.8 cm³/mol. The topological polar surface area (TPSA) is 58.9 Å². The van der Waals surface area contributed by atoms with Gasteiger partial charge in [-0.15, -0.1) is 0 Å². The summed E-state index contributed by atoms with van der Waals surface area (Å²) in [6.45, 7) is 4.04. The number of hydrogen-bond acceptors (Lipinski definition) is 3. The molecule has 5 nitrogen and oxygen atoms in total. The Balaban J connectivity index is 1.77. The molecule has 0 aliphatic heterocycles. The number of rotatable bonds is 4. The number of amides is 1. The third-order valence-electron chi connectivity index (χ3n) is 3.95. The van der Waals surface area contributed by atoms with Gasteiger partial charge in [0.25, 0.3) is 5.91 Å². The zero-order valence-corrected chi connectivity index (χ0v) is 14.0. The summed E-state index contributed by atoms with van der Waals surface area (Å²) in [4.78, 5) is 12.3. The van der Waals surface area contributed by atoms with Crippen molar-refractivity contribution in [2.75, 3.05) is 10.6 Å². The van der Waals surface area contributed by atoms with Crippen LogP contribution in [0.2, 0.25) is 0 Å². The van der Waals surface area contributed by atoms with E-state index in [1.807, 2.05) is 43.3 Å². The average molecular weight is 320 g/mol. The number of nitrogens with one attached hydrogen (secondary N) is 2. The Kier molecular flexibility index (Phi) is 4.33. The molecule has 1 aromatic heterocycles. The largest absolute Gasteiger partial charge is 0.355 e. The molecule has 3 aromatic rings. The molecule has 1 amide bonds. The summed E-state index contributed by atoms with van der Waals surface area (Å²) in [7, 11) is 1.75. The van der Waals surface area contributed by atoms with Gasteiger partial charge in [-0.3, -0.25) is 9.48 Å². The Hall–Kier alpha value is -3.08. The van der Waals surface area contributed by atoms with Crippen LogP contribution in [0.5, 0.6) is 0 Å². The van der Waals surface area contributed by atoms with E-state index < -0.39 is 0 Å². The molecule has 3 rings (SSSR count). The van der Waals surface area contributed by atoms with E-state index in [9.17, 15) is 4.79 Å². The van der Waals surface area contributed by atoms with Crippen molar-refractivity contribution < 1.29 is 4.79 Å². The van der Waals surface area contributed by atoms with Gasteiger partial charge >= 0.3 is 0 Å². The van der Waals surface area contributed by atoms with Gasteiger partial charge < -0.3 is 10.6 Å². The van der Waals surface area contributed by atoms with Crippen LogP contribution in [0.15, 0.2) is 54.7 Å². The number of nitrogens with zero attached hydrogens (tertiary/aromatic N) is 2. The molecule has 0 atom stereocenters. The minimum Gasteiger partial charge on any atom is -0.355 e.